The average Bonchev–Trinajstić information content (AvgIpc) is 3.12. The fraction of sp³-hybridized carbons (Fsp3) is 0.600. The van der Waals surface area contributed by atoms with Gasteiger partial charge < -0.3 is 14.2 Å². The zero-order valence-electron chi connectivity index (χ0n) is 14.9. The van der Waals surface area contributed by atoms with E-state index in [1.165, 1.54) is 0 Å². The number of hydrogen-bond acceptors (Lipinski definition) is 5. The molecule has 25 heavy (non-hydrogen) atoms. The van der Waals surface area contributed by atoms with E-state index < -0.39 is 0 Å². The number of carbonyl (C=O) groups excluding carboxylic acids is 1. The average molecular weight is 345 g/mol. The van der Waals surface area contributed by atoms with Crippen LogP contribution < -0.4 is 0 Å². The van der Waals surface area contributed by atoms with E-state index in [4.69, 9.17) is 14.2 Å². The first-order chi connectivity index (χ1) is 12.3. The SMILES string of the molecule is CCOC(=O)[C@H]1CCC[C@@H]1[C@H](C#N)CCOCOCc1ccccc1. The van der Waals surface area contributed by atoms with Crippen LogP contribution >= 0.6 is 0 Å². The fourth-order valence-corrected chi connectivity index (χ4v) is 3.45. The van der Waals surface area contributed by atoms with Crippen molar-refractivity contribution in [2.24, 2.45) is 17.8 Å². The summed E-state index contributed by atoms with van der Waals surface area (Å²) in [5.41, 5.74) is 1.10. The molecule has 0 bridgehead atoms. The summed E-state index contributed by atoms with van der Waals surface area (Å²) in [7, 11) is 0. The lowest BCUT2D eigenvalue weighted by atomic mass is 9.83. The van der Waals surface area contributed by atoms with Crippen LogP contribution in [0.1, 0.15) is 38.2 Å². The largest absolute Gasteiger partial charge is 0.466 e. The standard InChI is InChI=1S/C20H27NO4/c1-2-25-20(22)19-10-6-9-18(19)17(13-21)11-12-23-15-24-14-16-7-4-3-5-8-16/h3-5,7-8,17-19H,2,6,9-12,14-15H2,1H3/t17-,18+,19-/m0/s1. The molecule has 2 rings (SSSR count). The van der Waals surface area contributed by atoms with Crippen molar-refractivity contribution in [2.45, 2.75) is 39.2 Å². The Morgan fingerprint density at radius 2 is 2.08 bits per heavy atom. The van der Waals surface area contributed by atoms with E-state index in [0.29, 0.717) is 26.2 Å². The number of benzene rings is 1. The molecule has 0 spiro atoms. The summed E-state index contributed by atoms with van der Waals surface area (Å²) in [5.74, 6) is -0.389. The van der Waals surface area contributed by atoms with Gasteiger partial charge in [-0.3, -0.25) is 4.79 Å². The lowest BCUT2D eigenvalue weighted by Gasteiger charge is -2.22. The fourth-order valence-electron chi connectivity index (χ4n) is 3.45. The van der Waals surface area contributed by atoms with Gasteiger partial charge in [0.2, 0.25) is 0 Å². The predicted octanol–water partition coefficient (Wildman–Crippen LogP) is 3.69. The molecule has 0 N–H and O–H groups in total. The third kappa shape index (κ3) is 6.15. The van der Waals surface area contributed by atoms with E-state index in [1.807, 2.05) is 37.3 Å². The Kier molecular flexibility index (Phi) is 8.44. The Balaban J connectivity index is 1.67. The lowest BCUT2D eigenvalue weighted by Crippen LogP contribution is -2.27. The van der Waals surface area contributed by atoms with Gasteiger partial charge in [0.25, 0.3) is 0 Å². The molecular formula is C20H27NO4. The van der Waals surface area contributed by atoms with Crippen molar-refractivity contribution >= 4 is 5.97 Å². The van der Waals surface area contributed by atoms with Gasteiger partial charge in [0, 0.05) is 0 Å². The summed E-state index contributed by atoms with van der Waals surface area (Å²) < 4.78 is 16.1. The zero-order chi connectivity index (χ0) is 17.9. The Morgan fingerprint density at radius 3 is 2.80 bits per heavy atom. The molecule has 5 nitrogen and oxygen atoms in total. The topological polar surface area (TPSA) is 68.6 Å². The van der Waals surface area contributed by atoms with Crippen molar-refractivity contribution in [1.82, 2.24) is 0 Å². The molecule has 1 aliphatic carbocycles. The van der Waals surface area contributed by atoms with Gasteiger partial charge in [0.1, 0.15) is 6.79 Å². The third-order valence-corrected chi connectivity index (χ3v) is 4.69. The highest BCUT2D eigenvalue weighted by Crippen LogP contribution is 2.39. The molecule has 1 aliphatic rings. The van der Waals surface area contributed by atoms with Crippen LogP contribution in [0.2, 0.25) is 0 Å². The minimum atomic E-state index is -0.175. The van der Waals surface area contributed by atoms with Gasteiger partial charge in [-0.2, -0.15) is 5.26 Å². The van der Waals surface area contributed by atoms with E-state index in [2.05, 4.69) is 6.07 Å². The highest BCUT2D eigenvalue weighted by atomic mass is 16.7. The van der Waals surface area contributed by atoms with Crippen molar-refractivity contribution in [1.29, 1.82) is 5.26 Å². The van der Waals surface area contributed by atoms with Crippen molar-refractivity contribution in [2.75, 3.05) is 20.0 Å². The maximum absolute atomic E-state index is 12.0. The first-order valence-electron chi connectivity index (χ1n) is 9.02. The first kappa shape index (κ1) is 19.4. The molecule has 1 aromatic rings. The Morgan fingerprint density at radius 1 is 1.28 bits per heavy atom. The van der Waals surface area contributed by atoms with Crippen LogP contribution in [-0.4, -0.2) is 26.0 Å². The molecule has 5 heteroatoms. The molecule has 1 saturated carbocycles. The second-order valence-corrected chi connectivity index (χ2v) is 6.34. The van der Waals surface area contributed by atoms with E-state index in [-0.39, 0.29) is 30.5 Å². The maximum Gasteiger partial charge on any atom is 0.309 e. The smallest absolute Gasteiger partial charge is 0.309 e. The number of esters is 1. The summed E-state index contributed by atoms with van der Waals surface area (Å²) in [5, 5.41) is 9.48. The van der Waals surface area contributed by atoms with Crippen LogP contribution in [0, 0.1) is 29.1 Å². The van der Waals surface area contributed by atoms with Crippen LogP contribution in [0.15, 0.2) is 30.3 Å². The zero-order valence-corrected chi connectivity index (χ0v) is 14.9. The van der Waals surface area contributed by atoms with Gasteiger partial charge in [0.15, 0.2) is 0 Å². The Hall–Kier alpha value is -1.90. The molecule has 0 amide bonds. The summed E-state index contributed by atoms with van der Waals surface area (Å²) in [6.07, 6.45) is 3.33. The number of ether oxygens (including phenoxy) is 3. The quantitative estimate of drug-likeness (QED) is 0.367. The van der Waals surface area contributed by atoms with Crippen molar-refractivity contribution < 1.29 is 19.0 Å². The van der Waals surface area contributed by atoms with Gasteiger partial charge in [-0.15, -0.1) is 0 Å². The molecule has 0 aromatic heterocycles. The number of nitrogens with zero attached hydrogens (tertiary/aromatic N) is 1. The highest BCUT2D eigenvalue weighted by Gasteiger charge is 2.38. The number of nitriles is 1. The molecule has 0 heterocycles. The van der Waals surface area contributed by atoms with Crippen LogP contribution in [0.25, 0.3) is 0 Å². The Labute approximate surface area is 149 Å². The summed E-state index contributed by atoms with van der Waals surface area (Å²) in [4.78, 5) is 12.0. The molecule has 0 unspecified atom stereocenters. The first-order valence-corrected chi connectivity index (χ1v) is 9.02. The minimum Gasteiger partial charge on any atom is -0.466 e. The van der Waals surface area contributed by atoms with Gasteiger partial charge in [-0.1, -0.05) is 36.8 Å². The number of carbonyl (C=O) groups is 1. The normalized spacial score (nSPS) is 20.8. The third-order valence-electron chi connectivity index (χ3n) is 4.69. The van der Waals surface area contributed by atoms with Gasteiger partial charge in [-0.25, -0.2) is 0 Å². The van der Waals surface area contributed by atoms with Crippen LogP contribution in [0.5, 0.6) is 0 Å². The second-order valence-electron chi connectivity index (χ2n) is 6.34. The van der Waals surface area contributed by atoms with Crippen molar-refractivity contribution in [3.05, 3.63) is 35.9 Å². The monoisotopic (exact) mass is 345 g/mol. The maximum atomic E-state index is 12.0. The van der Waals surface area contributed by atoms with Crippen LogP contribution in [-0.2, 0) is 25.6 Å². The van der Waals surface area contributed by atoms with E-state index in [0.717, 1.165) is 24.8 Å². The summed E-state index contributed by atoms with van der Waals surface area (Å²) in [6, 6.07) is 12.3. The van der Waals surface area contributed by atoms with Gasteiger partial charge in [0.05, 0.1) is 37.7 Å². The van der Waals surface area contributed by atoms with E-state index >= 15 is 0 Å². The van der Waals surface area contributed by atoms with Crippen molar-refractivity contribution in [3.63, 3.8) is 0 Å². The van der Waals surface area contributed by atoms with Gasteiger partial charge in [-0.05, 0) is 37.7 Å². The van der Waals surface area contributed by atoms with Crippen molar-refractivity contribution in [3.8, 4) is 6.07 Å². The molecule has 136 valence electrons. The predicted molar refractivity (Wildman–Crippen MR) is 93.2 cm³/mol. The molecular weight excluding hydrogens is 318 g/mol. The minimum absolute atomic E-state index is 0.0814. The molecule has 0 aliphatic heterocycles. The summed E-state index contributed by atoms with van der Waals surface area (Å²) >= 11 is 0. The lowest BCUT2D eigenvalue weighted by molar-refractivity contribution is -0.149. The molecule has 1 aromatic carbocycles. The number of hydrogen-bond donors (Lipinski definition) is 0. The molecule has 0 saturated heterocycles. The van der Waals surface area contributed by atoms with E-state index in [1.54, 1.807) is 0 Å². The summed E-state index contributed by atoms with van der Waals surface area (Å²) in [6.45, 7) is 3.38. The number of rotatable bonds is 10. The molecule has 1 fully saturated rings. The van der Waals surface area contributed by atoms with Crippen LogP contribution in [0.3, 0.4) is 0 Å². The highest BCUT2D eigenvalue weighted by molar-refractivity contribution is 5.73. The second kappa shape index (κ2) is 10.9. The van der Waals surface area contributed by atoms with Crippen LogP contribution in [0.4, 0.5) is 0 Å². The molecule has 3 atom stereocenters. The Bertz CT molecular complexity index is 555. The molecule has 0 radical (unpaired) electrons. The van der Waals surface area contributed by atoms with E-state index in [9.17, 15) is 10.1 Å². The van der Waals surface area contributed by atoms with Gasteiger partial charge >= 0.3 is 5.97 Å².